The molecule has 2 aromatic rings. The standard InChI is InChI=1S/C15H17NO2/c1-17-14-8-7-13(16)11-15(14)18-10-9-12-5-3-2-4-6-12/h2-8,11H,9-10,16H2,1H3. The first-order valence-corrected chi connectivity index (χ1v) is 5.90. The predicted octanol–water partition coefficient (Wildman–Crippen LogP) is 2.90. The van der Waals surface area contributed by atoms with Crippen molar-refractivity contribution < 1.29 is 9.47 Å². The summed E-state index contributed by atoms with van der Waals surface area (Å²) in [6, 6.07) is 15.6. The number of rotatable bonds is 5. The van der Waals surface area contributed by atoms with Crippen LogP contribution in [0.3, 0.4) is 0 Å². The van der Waals surface area contributed by atoms with Crippen LogP contribution in [0, 0.1) is 0 Å². The fourth-order valence-corrected chi connectivity index (χ4v) is 1.73. The predicted molar refractivity (Wildman–Crippen MR) is 73.0 cm³/mol. The van der Waals surface area contributed by atoms with E-state index in [9.17, 15) is 0 Å². The molecule has 2 N–H and O–H groups in total. The van der Waals surface area contributed by atoms with Gasteiger partial charge in [-0.2, -0.15) is 0 Å². The second-order valence-electron chi connectivity index (χ2n) is 3.99. The Morgan fingerprint density at radius 1 is 1.00 bits per heavy atom. The maximum absolute atomic E-state index is 5.73. The first-order valence-electron chi connectivity index (χ1n) is 5.90. The molecular weight excluding hydrogens is 226 g/mol. The molecular formula is C15H17NO2. The van der Waals surface area contributed by atoms with E-state index in [1.807, 2.05) is 24.3 Å². The van der Waals surface area contributed by atoms with E-state index in [0.717, 1.165) is 6.42 Å². The Balaban J connectivity index is 1.96. The van der Waals surface area contributed by atoms with Crippen molar-refractivity contribution in [1.82, 2.24) is 0 Å². The molecule has 0 aliphatic rings. The topological polar surface area (TPSA) is 44.5 Å². The van der Waals surface area contributed by atoms with Crippen LogP contribution in [0.4, 0.5) is 5.69 Å². The van der Waals surface area contributed by atoms with Crippen LogP contribution in [0.15, 0.2) is 48.5 Å². The summed E-state index contributed by atoms with van der Waals surface area (Å²) in [5, 5.41) is 0. The molecule has 0 amide bonds. The van der Waals surface area contributed by atoms with Gasteiger partial charge in [0.05, 0.1) is 13.7 Å². The van der Waals surface area contributed by atoms with Crippen LogP contribution in [-0.2, 0) is 6.42 Å². The number of benzene rings is 2. The van der Waals surface area contributed by atoms with Gasteiger partial charge < -0.3 is 15.2 Å². The molecule has 94 valence electrons. The highest BCUT2D eigenvalue weighted by molar-refractivity contribution is 5.51. The molecule has 0 radical (unpaired) electrons. The van der Waals surface area contributed by atoms with Crippen LogP contribution in [-0.4, -0.2) is 13.7 Å². The molecule has 0 saturated heterocycles. The van der Waals surface area contributed by atoms with Gasteiger partial charge in [-0.3, -0.25) is 0 Å². The lowest BCUT2D eigenvalue weighted by Gasteiger charge is -2.11. The minimum atomic E-state index is 0.601. The zero-order chi connectivity index (χ0) is 12.8. The summed E-state index contributed by atoms with van der Waals surface area (Å²) >= 11 is 0. The molecule has 3 heteroatoms. The lowest BCUT2D eigenvalue weighted by molar-refractivity contribution is 0.298. The van der Waals surface area contributed by atoms with E-state index in [-0.39, 0.29) is 0 Å². The smallest absolute Gasteiger partial charge is 0.163 e. The maximum atomic E-state index is 5.73. The molecule has 3 nitrogen and oxygen atoms in total. The van der Waals surface area contributed by atoms with E-state index in [1.54, 1.807) is 19.2 Å². The van der Waals surface area contributed by atoms with Gasteiger partial charge in [0.15, 0.2) is 11.5 Å². The molecule has 0 unspecified atom stereocenters. The molecule has 0 aromatic heterocycles. The minimum absolute atomic E-state index is 0.601. The summed E-state index contributed by atoms with van der Waals surface area (Å²) in [5.74, 6) is 1.39. The first-order chi connectivity index (χ1) is 8.79. The average Bonchev–Trinajstić information content (AvgIpc) is 2.40. The van der Waals surface area contributed by atoms with Gasteiger partial charge in [-0.15, -0.1) is 0 Å². The van der Waals surface area contributed by atoms with E-state index >= 15 is 0 Å². The molecule has 0 aliphatic heterocycles. The summed E-state index contributed by atoms with van der Waals surface area (Å²) in [5.41, 5.74) is 7.65. The number of hydrogen-bond donors (Lipinski definition) is 1. The molecule has 0 saturated carbocycles. The normalized spacial score (nSPS) is 10.1. The molecule has 0 atom stereocenters. The van der Waals surface area contributed by atoms with E-state index in [0.29, 0.717) is 23.8 Å². The second-order valence-corrected chi connectivity index (χ2v) is 3.99. The summed E-state index contributed by atoms with van der Waals surface area (Å²) in [6.45, 7) is 0.601. The molecule has 2 rings (SSSR count). The second kappa shape index (κ2) is 5.96. The van der Waals surface area contributed by atoms with Gasteiger partial charge in [0.25, 0.3) is 0 Å². The zero-order valence-corrected chi connectivity index (χ0v) is 10.4. The monoisotopic (exact) mass is 243 g/mol. The number of methoxy groups -OCH3 is 1. The molecule has 0 aliphatic carbocycles. The Hall–Kier alpha value is -2.16. The summed E-state index contributed by atoms with van der Waals surface area (Å²) in [4.78, 5) is 0. The lowest BCUT2D eigenvalue weighted by atomic mass is 10.2. The third kappa shape index (κ3) is 3.17. The molecule has 2 aromatic carbocycles. The van der Waals surface area contributed by atoms with Crippen LogP contribution in [0.2, 0.25) is 0 Å². The Morgan fingerprint density at radius 2 is 1.78 bits per heavy atom. The third-order valence-electron chi connectivity index (χ3n) is 2.68. The highest BCUT2D eigenvalue weighted by Crippen LogP contribution is 2.28. The van der Waals surface area contributed by atoms with Crippen molar-refractivity contribution in [3.05, 3.63) is 54.1 Å². The van der Waals surface area contributed by atoms with Crippen molar-refractivity contribution >= 4 is 5.69 Å². The van der Waals surface area contributed by atoms with Gasteiger partial charge in [0.2, 0.25) is 0 Å². The zero-order valence-electron chi connectivity index (χ0n) is 10.4. The fraction of sp³-hybridized carbons (Fsp3) is 0.200. The maximum Gasteiger partial charge on any atom is 0.163 e. The van der Waals surface area contributed by atoms with Gasteiger partial charge >= 0.3 is 0 Å². The van der Waals surface area contributed by atoms with Crippen molar-refractivity contribution in [3.8, 4) is 11.5 Å². The summed E-state index contributed by atoms with van der Waals surface area (Å²) in [6.07, 6.45) is 0.860. The van der Waals surface area contributed by atoms with Crippen molar-refractivity contribution in [3.63, 3.8) is 0 Å². The first kappa shape index (κ1) is 12.3. The SMILES string of the molecule is COc1ccc(N)cc1OCCc1ccccc1. The highest BCUT2D eigenvalue weighted by Gasteiger charge is 2.04. The van der Waals surface area contributed by atoms with E-state index in [2.05, 4.69) is 12.1 Å². The van der Waals surface area contributed by atoms with Gasteiger partial charge in [0, 0.05) is 18.2 Å². The summed E-state index contributed by atoms with van der Waals surface area (Å²) in [7, 11) is 1.62. The van der Waals surface area contributed by atoms with Crippen LogP contribution < -0.4 is 15.2 Å². The largest absolute Gasteiger partial charge is 0.493 e. The van der Waals surface area contributed by atoms with Crippen LogP contribution >= 0.6 is 0 Å². The minimum Gasteiger partial charge on any atom is -0.493 e. The van der Waals surface area contributed by atoms with E-state index in [1.165, 1.54) is 5.56 Å². The Kier molecular flexibility index (Phi) is 4.07. The number of nitrogens with two attached hydrogens (primary N) is 1. The number of hydrogen-bond acceptors (Lipinski definition) is 3. The molecule has 0 spiro atoms. The number of ether oxygens (including phenoxy) is 2. The number of nitrogen functional groups attached to an aromatic ring is 1. The lowest BCUT2D eigenvalue weighted by Crippen LogP contribution is -2.03. The molecule has 0 fully saturated rings. The van der Waals surface area contributed by atoms with Crippen molar-refractivity contribution in [1.29, 1.82) is 0 Å². The Labute approximate surface area is 107 Å². The van der Waals surface area contributed by atoms with Crippen molar-refractivity contribution in [2.75, 3.05) is 19.5 Å². The van der Waals surface area contributed by atoms with Crippen molar-refractivity contribution in [2.45, 2.75) is 6.42 Å². The Morgan fingerprint density at radius 3 is 2.50 bits per heavy atom. The van der Waals surface area contributed by atoms with Crippen LogP contribution in [0.1, 0.15) is 5.56 Å². The van der Waals surface area contributed by atoms with Crippen molar-refractivity contribution in [2.24, 2.45) is 0 Å². The van der Waals surface area contributed by atoms with Gasteiger partial charge in [-0.05, 0) is 17.7 Å². The molecule has 0 bridgehead atoms. The number of anilines is 1. The summed E-state index contributed by atoms with van der Waals surface area (Å²) < 4.78 is 10.9. The van der Waals surface area contributed by atoms with Gasteiger partial charge in [-0.1, -0.05) is 30.3 Å². The third-order valence-corrected chi connectivity index (χ3v) is 2.68. The average molecular weight is 243 g/mol. The molecule has 0 heterocycles. The Bertz CT molecular complexity index is 497. The van der Waals surface area contributed by atoms with Crippen LogP contribution in [0.25, 0.3) is 0 Å². The van der Waals surface area contributed by atoms with Gasteiger partial charge in [0.1, 0.15) is 0 Å². The molecule has 18 heavy (non-hydrogen) atoms. The highest BCUT2D eigenvalue weighted by atomic mass is 16.5. The van der Waals surface area contributed by atoms with Crippen LogP contribution in [0.5, 0.6) is 11.5 Å². The quantitative estimate of drug-likeness (QED) is 0.821. The fourth-order valence-electron chi connectivity index (χ4n) is 1.73. The van der Waals surface area contributed by atoms with E-state index < -0.39 is 0 Å². The van der Waals surface area contributed by atoms with E-state index in [4.69, 9.17) is 15.2 Å². The van der Waals surface area contributed by atoms with Gasteiger partial charge in [-0.25, -0.2) is 0 Å².